The average Bonchev–Trinajstić information content (AvgIpc) is 2.40. The molecule has 0 spiro atoms. The molecule has 0 radical (unpaired) electrons. The van der Waals surface area contributed by atoms with E-state index in [0.29, 0.717) is 0 Å². The normalized spacial score (nSPS) is 8.90. The molecule has 0 unspecified atom stereocenters. The standard InChI is InChI=1S/C6H9N3O/c1-7-6(10)9-5-2-3-8-4-5/h2-4,8H,1H3,(H2,7,9,10). The van der Waals surface area contributed by atoms with Crippen molar-refractivity contribution in [1.82, 2.24) is 10.3 Å². The van der Waals surface area contributed by atoms with Crippen LogP contribution in [0.25, 0.3) is 0 Å². The highest BCUT2D eigenvalue weighted by Crippen LogP contribution is 2.01. The Labute approximate surface area is 58.6 Å². The lowest BCUT2D eigenvalue weighted by Gasteiger charge is -1.98. The summed E-state index contributed by atoms with van der Waals surface area (Å²) in [5.74, 6) is 0. The number of rotatable bonds is 1. The molecule has 0 aliphatic rings. The number of anilines is 1. The van der Waals surface area contributed by atoms with E-state index in [0.717, 1.165) is 5.69 Å². The molecule has 0 saturated heterocycles. The number of amides is 2. The summed E-state index contributed by atoms with van der Waals surface area (Å²) in [6.45, 7) is 0. The second kappa shape index (κ2) is 2.91. The summed E-state index contributed by atoms with van der Waals surface area (Å²) in [5, 5.41) is 5.03. The van der Waals surface area contributed by atoms with Crippen LogP contribution in [0.4, 0.5) is 10.5 Å². The number of carbonyl (C=O) groups is 1. The zero-order valence-corrected chi connectivity index (χ0v) is 5.64. The van der Waals surface area contributed by atoms with Gasteiger partial charge in [0.05, 0.1) is 5.69 Å². The van der Waals surface area contributed by atoms with Crippen LogP contribution in [0, 0.1) is 0 Å². The van der Waals surface area contributed by atoms with Crippen molar-refractivity contribution in [2.24, 2.45) is 0 Å². The third-order valence-electron chi connectivity index (χ3n) is 1.08. The summed E-state index contributed by atoms with van der Waals surface area (Å²) >= 11 is 0. The Kier molecular flexibility index (Phi) is 1.94. The van der Waals surface area contributed by atoms with Gasteiger partial charge in [0.15, 0.2) is 0 Å². The summed E-state index contributed by atoms with van der Waals surface area (Å²) in [7, 11) is 1.57. The molecular weight excluding hydrogens is 130 g/mol. The molecule has 3 N–H and O–H groups in total. The van der Waals surface area contributed by atoms with Crippen molar-refractivity contribution >= 4 is 11.7 Å². The quantitative estimate of drug-likeness (QED) is 0.528. The van der Waals surface area contributed by atoms with Crippen LogP contribution in [-0.4, -0.2) is 18.1 Å². The van der Waals surface area contributed by atoms with E-state index >= 15 is 0 Å². The molecule has 10 heavy (non-hydrogen) atoms. The Morgan fingerprint density at radius 2 is 2.50 bits per heavy atom. The lowest BCUT2D eigenvalue weighted by atomic mass is 10.5. The molecule has 2 amide bonds. The van der Waals surface area contributed by atoms with Crippen molar-refractivity contribution < 1.29 is 4.79 Å². The summed E-state index contributed by atoms with van der Waals surface area (Å²) in [4.78, 5) is 13.5. The van der Waals surface area contributed by atoms with Crippen LogP contribution in [0.1, 0.15) is 0 Å². The predicted octanol–water partition coefficient (Wildman–Crippen LogP) is 0.766. The fourth-order valence-corrected chi connectivity index (χ4v) is 0.595. The number of aromatic amines is 1. The number of aromatic nitrogens is 1. The van der Waals surface area contributed by atoms with Crippen LogP contribution < -0.4 is 10.6 Å². The van der Waals surface area contributed by atoms with Gasteiger partial charge in [0.1, 0.15) is 0 Å². The molecule has 0 bridgehead atoms. The van der Waals surface area contributed by atoms with Crippen molar-refractivity contribution in [2.45, 2.75) is 0 Å². The Bertz CT molecular complexity index is 205. The summed E-state index contributed by atoms with van der Waals surface area (Å²) < 4.78 is 0. The van der Waals surface area contributed by atoms with Crippen LogP contribution >= 0.6 is 0 Å². The van der Waals surface area contributed by atoms with Crippen LogP contribution in [-0.2, 0) is 0 Å². The van der Waals surface area contributed by atoms with Gasteiger partial charge in [-0.25, -0.2) is 4.79 Å². The van der Waals surface area contributed by atoms with Crippen LogP contribution in [0.5, 0.6) is 0 Å². The molecule has 4 heteroatoms. The van der Waals surface area contributed by atoms with Gasteiger partial charge in [0, 0.05) is 19.4 Å². The largest absolute Gasteiger partial charge is 0.366 e. The fraction of sp³-hybridized carbons (Fsp3) is 0.167. The highest BCUT2D eigenvalue weighted by atomic mass is 16.2. The van der Waals surface area contributed by atoms with Gasteiger partial charge in [-0.15, -0.1) is 0 Å². The Morgan fingerprint density at radius 3 is 3.00 bits per heavy atom. The van der Waals surface area contributed by atoms with Gasteiger partial charge in [0.25, 0.3) is 0 Å². The molecular formula is C6H9N3O. The predicted molar refractivity (Wildman–Crippen MR) is 38.9 cm³/mol. The number of hydrogen-bond donors (Lipinski definition) is 3. The molecule has 4 nitrogen and oxygen atoms in total. The number of urea groups is 1. The van der Waals surface area contributed by atoms with E-state index in [1.807, 2.05) is 0 Å². The fourth-order valence-electron chi connectivity index (χ4n) is 0.595. The van der Waals surface area contributed by atoms with E-state index in [2.05, 4.69) is 15.6 Å². The van der Waals surface area contributed by atoms with Crippen LogP contribution in [0.2, 0.25) is 0 Å². The SMILES string of the molecule is CNC(=O)Nc1cc[nH]c1. The first-order valence-electron chi connectivity index (χ1n) is 2.94. The third kappa shape index (κ3) is 1.51. The lowest BCUT2D eigenvalue weighted by Crippen LogP contribution is -2.24. The maximum absolute atomic E-state index is 10.6. The molecule has 1 aromatic heterocycles. The van der Waals surface area contributed by atoms with Gasteiger partial charge in [-0.3, -0.25) is 0 Å². The van der Waals surface area contributed by atoms with Gasteiger partial charge in [0.2, 0.25) is 0 Å². The van der Waals surface area contributed by atoms with Gasteiger partial charge < -0.3 is 15.6 Å². The molecule has 0 aliphatic carbocycles. The molecule has 0 saturated carbocycles. The molecule has 0 atom stereocenters. The van der Waals surface area contributed by atoms with Gasteiger partial charge in [-0.1, -0.05) is 0 Å². The van der Waals surface area contributed by atoms with Crippen molar-refractivity contribution in [3.8, 4) is 0 Å². The molecule has 0 fully saturated rings. The minimum Gasteiger partial charge on any atom is -0.366 e. The summed E-state index contributed by atoms with van der Waals surface area (Å²) in [6, 6.07) is 1.56. The van der Waals surface area contributed by atoms with E-state index < -0.39 is 0 Å². The summed E-state index contributed by atoms with van der Waals surface area (Å²) in [5.41, 5.74) is 0.763. The average molecular weight is 139 g/mol. The third-order valence-corrected chi connectivity index (χ3v) is 1.08. The van der Waals surface area contributed by atoms with E-state index in [9.17, 15) is 4.79 Å². The number of H-pyrrole nitrogens is 1. The number of hydrogen-bond acceptors (Lipinski definition) is 1. The molecule has 0 aliphatic heterocycles. The monoisotopic (exact) mass is 139 g/mol. The molecule has 1 rings (SSSR count). The first-order valence-corrected chi connectivity index (χ1v) is 2.94. The second-order valence-electron chi connectivity index (χ2n) is 1.80. The zero-order valence-electron chi connectivity index (χ0n) is 5.64. The van der Waals surface area contributed by atoms with Crippen molar-refractivity contribution in [3.05, 3.63) is 18.5 Å². The minimum absolute atomic E-state index is 0.209. The maximum atomic E-state index is 10.6. The maximum Gasteiger partial charge on any atom is 0.319 e. The smallest absolute Gasteiger partial charge is 0.319 e. The minimum atomic E-state index is -0.209. The van der Waals surface area contributed by atoms with Crippen molar-refractivity contribution in [3.63, 3.8) is 0 Å². The first kappa shape index (κ1) is 6.67. The Hall–Kier alpha value is -1.45. The summed E-state index contributed by atoms with van der Waals surface area (Å²) in [6.07, 6.45) is 3.44. The highest BCUT2D eigenvalue weighted by Gasteiger charge is 1.95. The first-order chi connectivity index (χ1) is 4.83. The number of nitrogens with one attached hydrogen (secondary N) is 3. The van der Waals surface area contributed by atoms with E-state index in [1.165, 1.54) is 0 Å². The second-order valence-corrected chi connectivity index (χ2v) is 1.80. The van der Waals surface area contributed by atoms with E-state index in [4.69, 9.17) is 0 Å². The van der Waals surface area contributed by atoms with Crippen molar-refractivity contribution in [1.29, 1.82) is 0 Å². The number of carbonyl (C=O) groups excluding carboxylic acids is 1. The van der Waals surface area contributed by atoms with Gasteiger partial charge in [-0.05, 0) is 6.07 Å². The Morgan fingerprint density at radius 1 is 1.70 bits per heavy atom. The van der Waals surface area contributed by atoms with Crippen LogP contribution in [0.3, 0.4) is 0 Å². The van der Waals surface area contributed by atoms with E-state index in [1.54, 1.807) is 25.5 Å². The highest BCUT2D eigenvalue weighted by molar-refractivity contribution is 5.88. The topological polar surface area (TPSA) is 56.9 Å². The lowest BCUT2D eigenvalue weighted by molar-refractivity contribution is 0.254. The van der Waals surface area contributed by atoms with Crippen molar-refractivity contribution in [2.75, 3.05) is 12.4 Å². The molecule has 1 aromatic rings. The molecule has 1 heterocycles. The van der Waals surface area contributed by atoms with Gasteiger partial charge >= 0.3 is 6.03 Å². The van der Waals surface area contributed by atoms with Gasteiger partial charge in [-0.2, -0.15) is 0 Å². The molecule has 54 valence electrons. The molecule has 0 aromatic carbocycles. The van der Waals surface area contributed by atoms with Crippen LogP contribution in [0.15, 0.2) is 18.5 Å². The van der Waals surface area contributed by atoms with E-state index in [-0.39, 0.29) is 6.03 Å². The Balaban J connectivity index is 2.48. The zero-order chi connectivity index (χ0) is 7.40.